The summed E-state index contributed by atoms with van der Waals surface area (Å²) in [5, 5.41) is 1.00. The van der Waals surface area contributed by atoms with Crippen molar-refractivity contribution in [2.45, 2.75) is 56.0 Å². The van der Waals surface area contributed by atoms with Gasteiger partial charge in [-0.2, -0.15) is 0 Å². The molecule has 0 spiro atoms. The van der Waals surface area contributed by atoms with Crippen molar-refractivity contribution >= 4 is 26.6 Å². The van der Waals surface area contributed by atoms with Gasteiger partial charge in [0, 0.05) is 29.6 Å². The quantitative estimate of drug-likeness (QED) is 0.566. The molecule has 0 saturated heterocycles. The van der Waals surface area contributed by atoms with E-state index < -0.39 is 10.0 Å². The van der Waals surface area contributed by atoms with E-state index in [1.165, 1.54) is 25.7 Å². The summed E-state index contributed by atoms with van der Waals surface area (Å²) in [6, 6.07) is 13.2. The lowest BCUT2D eigenvalue weighted by Gasteiger charge is -2.16. The molecular weight excluding hydrogens is 410 g/mol. The Hall–Kier alpha value is -2.51. The van der Waals surface area contributed by atoms with Crippen molar-refractivity contribution in [1.82, 2.24) is 9.29 Å². The predicted molar refractivity (Wildman–Crippen MR) is 124 cm³/mol. The van der Waals surface area contributed by atoms with Crippen LogP contribution in [0.1, 0.15) is 38.5 Å². The molecule has 3 N–H and O–H groups in total. The Morgan fingerprint density at radius 3 is 2.42 bits per heavy atom. The molecule has 2 fully saturated rings. The van der Waals surface area contributed by atoms with E-state index >= 15 is 0 Å². The fourth-order valence-electron chi connectivity index (χ4n) is 4.72. The third-order valence-corrected chi connectivity index (χ3v) is 8.10. The largest absolute Gasteiger partial charge is 0.497 e. The fraction of sp³-hybridized carbons (Fsp3) is 0.417. The zero-order valence-electron chi connectivity index (χ0n) is 17.8. The molecule has 0 unspecified atom stereocenters. The second-order valence-electron chi connectivity index (χ2n) is 8.83. The molecule has 2 saturated carbocycles. The van der Waals surface area contributed by atoms with Crippen molar-refractivity contribution in [2.24, 2.45) is 5.92 Å². The highest BCUT2D eigenvalue weighted by Gasteiger charge is 2.28. The number of nitrogens with two attached hydrogens (primary N) is 1. The monoisotopic (exact) mass is 439 g/mol. The molecule has 2 aromatic carbocycles. The van der Waals surface area contributed by atoms with Gasteiger partial charge in [-0.3, -0.25) is 0 Å². The lowest BCUT2D eigenvalue weighted by Crippen LogP contribution is -2.25. The van der Waals surface area contributed by atoms with Crippen molar-refractivity contribution < 1.29 is 13.2 Å². The lowest BCUT2D eigenvalue weighted by molar-refractivity contribution is 0.415. The Morgan fingerprint density at radius 2 is 1.77 bits per heavy atom. The second kappa shape index (κ2) is 7.88. The van der Waals surface area contributed by atoms with Crippen LogP contribution in [0.5, 0.6) is 5.75 Å². The van der Waals surface area contributed by atoms with Crippen LogP contribution in [0.3, 0.4) is 0 Å². The zero-order chi connectivity index (χ0) is 21.6. The molecule has 0 atom stereocenters. The maximum absolute atomic E-state index is 12.6. The summed E-state index contributed by atoms with van der Waals surface area (Å²) in [6.07, 6.45) is 6.84. The number of nitrogens with one attached hydrogen (secondary N) is 1. The first-order valence-electron chi connectivity index (χ1n) is 11.0. The van der Waals surface area contributed by atoms with E-state index in [-0.39, 0.29) is 6.04 Å². The van der Waals surface area contributed by atoms with Gasteiger partial charge >= 0.3 is 0 Å². The van der Waals surface area contributed by atoms with Crippen LogP contribution in [0, 0.1) is 5.92 Å². The van der Waals surface area contributed by atoms with E-state index in [0.29, 0.717) is 10.8 Å². The van der Waals surface area contributed by atoms with Crippen molar-refractivity contribution in [2.75, 3.05) is 12.8 Å². The third-order valence-electron chi connectivity index (χ3n) is 6.56. The summed E-state index contributed by atoms with van der Waals surface area (Å²) in [4.78, 5) is 0.293. The van der Waals surface area contributed by atoms with Gasteiger partial charge in [0.2, 0.25) is 10.0 Å². The number of hydrogen-bond donors (Lipinski definition) is 2. The van der Waals surface area contributed by atoms with Gasteiger partial charge in [0.1, 0.15) is 5.75 Å². The van der Waals surface area contributed by atoms with Crippen LogP contribution in [0.25, 0.3) is 22.2 Å². The number of fused-ring (bicyclic) bond motifs is 1. The van der Waals surface area contributed by atoms with Crippen LogP contribution < -0.4 is 15.2 Å². The van der Waals surface area contributed by atoms with Gasteiger partial charge in [-0.15, -0.1) is 0 Å². The molecule has 0 amide bonds. The maximum Gasteiger partial charge on any atom is 0.240 e. The highest BCUT2D eigenvalue weighted by molar-refractivity contribution is 7.89. The molecule has 3 aromatic rings. The second-order valence-corrected chi connectivity index (χ2v) is 10.5. The number of nitrogen functional groups attached to an aromatic ring is 1. The van der Waals surface area contributed by atoms with Crippen LogP contribution in [-0.2, 0) is 16.6 Å². The van der Waals surface area contributed by atoms with Crippen LogP contribution in [-0.4, -0.2) is 26.1 Å². The molecule has 164 valence electrons. The number of sulfonamides is 1. The van der Waals surface area contributed by atoms with Gasteiger partial charge in [-0.1, -0.05) is 25.0 Å². The minimum atomic E-state index is -3.47. The van der Waals surface area contributed by atoms with Gasteiger partial charge < -0.3 is 15.0 Å². The van der Waals surface area contributed by atoms with E-state index in [4.69, 9.17) is 10.5 Å². The van der Waals surface area contributed by atoms with E-state index in [0.717, 1.165) is 53.0 Å². The fourth-order valence-corrected chi connectivity index (χ4v) is 6.02. The SMILES string of the molecule is COc1ccc2c(N)c(-c3ccc(S(=O)(=O)NC4CC4)cc3)n(CC3CCCC3)c2c1. The summed E-state index contributed by atoms with van der Waals surface area (Å²) < 4.78 is 35.6. The topological polar surface area (TPSA) is 86.3 Å². The van der Waals surface area contributed by atoms with Crippen LogP contribution in [0.15, 0.2) is 47.4 Å². The molecule has 7 heteroatoms. The predicted octanol–water partition coefficient (Wildman–Crippen LogP) is 4.53. The first-order valence-corrected chi connectivity index (χ1v) is 12.5. The Balaban J connectivity index is 1.58. The molecule has 0 bridgehead atoms. The molecule has 1 heterocycles. The van der Waals surface area contributed by atoms with Crippen molar-refractivity contribution in [3.63, 3.8) is 0 Å². The molecule has 1 aromatic heterocycles. The highest BCUT2D eigenvalue weighted by Crippen LogP contribution is 2.40. The van der Waals surface area contributed by atoms with Gasteiger partial charge in [-0.05, 0) is 55.9 Å². The van der Waals surface area contributed by atoms with Gasteiger partial charge in [0.05, 0.1) is 28.9 Å². The molecule has 6 nitrogen and oxygen atoms in total. The highest BCUT2D eigenvalue weighted by atomic mass is 32.2. The summed E-state index contributed by atoms with van der Waals surface area (Å²) in [5.74, 6) is 1.43. The van der Waals surface area contributed by atoms with Crippen molar-refractivity contribution in [3.8, 4) is 17.0 Å². The van der Waals surface area contributed by atoms with E-state index in [2.05, 4.69) is 9.29 Å². The minimum absolute atomic E-state index is 0.0873. The van der Waals surface area contributed by atoms with E-state index in [1.54, 1.807) is 19.2 Å². The van der Waals surface area contributed by atoms with E-state index in [1.807, 2.05) is 30.3 Å². The van der Waals surface area contributed by atoms with Crippen molar-refractivity contribution in [3.05, 3.63) is 42.5 Å². The number of benzene rings is 2. The summed E-state index contributed by atoms with van der Waals surface area (Å²) in [6.45, 7) is 0.902. The number of ether oxygens (including phenoxy) is 1. The summed E-state index contributed by atoms with van der Waals surface area (Å²) in [7, 11) is -1.80. The Kier molecular flexibility index (Phi) is 5.18. The standard InChI is InChI=1S/C24H29N3O3S/c1-30-19-10-13-21-22(14-19)27(15-16-4-2-3-5-16)24(23(21)25)17-6-11-20(12-7-17)31(28,29)26-18-8-9-18/h6-7,10-14,16,18,26H,2-5,8-9,15,25H2,1H3. The molecule has 2 aliphatic carbocycles. The molecule has 0 aliphatic heterocycles. The lowest BCUT2D eigenvalue weighted by atomic mass is 10.1. The molecule has 31 heavy (non-hydrogen) atoms. The summed E-state index contributed by atoms with van der Waals surface area (Å²) in [5.41, 5.74) is 10.3. The average Bonchev–Trinajstić information content (AvgIpc) is 3.33. The van der Waals surface area contributed by atoms with Gasteiger partial charge in [0.25, 0.3) is 0 Å². The molecule has 5 rings (SSSR count). The Labute approximate surface area is 183 Å². The number of nitrogens with zero attached hydrogens (tertiary/aromatic N) is 1. The molecule has 0 radical (unpaired) electrons. The van der Waals surface area contributed by atoms with E-state index in [9.17, 15) is 8.42 Å². The normalized spacial score (nSPS) is 17.5. The van der Waals surface area contributed by atoms with Gasteiger partial charge in [0.15, 0.2) is 0 Å². The Morgan fingerprint density at radius 1 is 1.06 bits per heavy atom. The maximum atomic E-state index is 12.6. The smallest absolute Gasteiger partial charge is 0.240 e. The van der Waals surface area contributed by atoms with Crippen molar-refractivity contribution in [1.29, 1.82) is 0 Å². The van der Waals surface area contributed by atoms with Gasteiger partial charge in [-0.25, -0.2) is 13.1 Å². The number of methoxy groups -OCH3 is 1. The van der Waals surface area contributed by atoms with Crippen LogP contribution in [0.2, 0.25) is 0 Å². The first kappa shape index (κ1) is 20.4. The first-order chi connectivity index (χ1) is 15.0. The zero-order valence-corrected chi connectivity index (χ0v) is 18.6. The van der Waals surface area contributed by atoms with Crippen LogP contribution in [0.4, 0.5) is 5.69 Å². The minimum Gasteiger partial charge on any atom is -0.497 e. The summed E-state index contributed by atoms with van der Waals surface area (Å²) >= 11 is 0. The molecule has 2 aliphatic rings. The number of hydrogen-bond acceptors (Lipinski definition) is 4. The number of aromatic nitrogens is 1. The molecular formula is C24H29N3O3S. The van der Waals surface area contributed by atoms with Crippen LogP contribution >= 0.6 is 0 Å². The Bertz CT molecular complexity index is 1210. The number of anilines is 1. The average molecular weight is 440 g/mol. The third kappa shape index (κ3) is 3.92. The number of rotatable bonds is 7.